The van der Waals surface area contributed by atoms with Crippen molar-refractivity contribution in [3.8, 4) is 0 Å². The molecule has 2 atom stereocenters. The zero-order valence-electron chi connectivity index (χ0n) is 15.0. The first kappa shape index (κ1) is 20.2. The number of ether oxygens (including phenoxy) is 1. The highest BCUT2D eigenvalue weighted by Crippen LogP contribution is 2.34. The molecular weight excluding hydrogens is 377 g/mol. The Morgan fingerprint density at radius 2 is 2.11 bits per heavy atom. The van der Waals surface area contributed by atoms with Crippen LogP contribution >= 0.6 is 12.6 Å². The third-order valence-corrected chi connectivity index (χ3v) is 5.29. The number of piperidine rings is 1. The quantitative estimate of drug-likeness (QED) is 0.433. The minimum Gasteiger partial charge on any atom is -0.370 e. The summed E-state index contributed by atoms with van der Waals surface area (Å²) in [4.78, 5) is 6.17. The predicted molar refractivity (Wildman–Crippen MR) is 103 cm³/mol. The number of allylic oxidation sites excluding steroid dienone is 3. The first-order valence-corrected chi connectivity index (χ1v) is 9.34. The van der Waals surface area contributed by atoms with E-state index < -0.39 is 17.9 Å². The molecule has 0 saturated carbocycles. The molecule has 0 spiro atoms. The summed E-state index contributed by atoms with van der Waals surface area (Å²) in [5.74, 6) is 0. The van der Waals surface area contributed by atoms with E-state index in [2.05, 4.69) is 33.0 Å². The van der Waals surface area contributed by atoms with Crippen molar-refractivity contribution in [2.75, 3.05) is 20.1 Å². The Bertz CT molecular complexity index is 691. The summed E-state index contributed by atoms with van der Waals surface area (Å²) in [6, 6.07) is 0. The molecule has 5 nitrogen and oxygen atoms in total. The maximum Gasteiger partial charge on any atom is 0.415 e. The van der Waals surface area contributed by atoms with E-state index >= 15 is 0 Å². The van der Waals surface area contributed by atoms with E-state index in [0.29, 0.717) is 23.6 Å². The third-order valence-electron chi connectivity index (χ3n) is 4.86. The minimum atomic E-state index is -4.35. The summed E-state index contributed by atoms with van der Waals surface area (Å²) in [6.07, 6.45) is 4.29. The second-order valence-corrected chi connectivity index (χ2v) is 7.04. The van der Waals surface area contributed by atoms with Gasteiger partial charge in [0.2, 0.25) is 0 Å². The maximum atomic E-state index is 13.1. The Labute approximate surface area is 162 Å². The van der Waals surface area contributed by atoms with E-state index in [0.717, 1.165) is 19.2 Å². The van der Waals surface area contributed by atoms with Crippen LogP contribution in [0.1, 0.15) is 19.3 Å². The van der Waals surface area contributed by atoms with Gasteiger partial charge in [0.05, 0.1) is 17.8 Å². The zero-order chi connectivity index (χ0) is 19.4. The van der Waals surface area contributed by atoms with Gasteiger partial charge in [-0.05, 0) is 31.4 Å². The van der Waals surface area contributed by atoms with Gasteiger partial charge < -0.3 is 4.74 Å². The first-order chi connectivity index (χ1) is 12.9. The van der Waals surface area contributed by atoms with E-state index in [-0.39, 0.29) is 18.7 Å². The third kappa shape index (κ3) is 5.03. The van der Waals surface area contributed by atoms with Crippen molar-refractivity contribution < 1.29 is 17.9 Å². The van der Waals surface area contributed by atoms with Crippen molar-refractivity contribution >= 4 is 23.4 Å². The van der Waals surface area contributed by atoms with Crippen molar-refractivity contribution in [1.29, 1.82) is 0 Å². The number of thiol groups is 1. The van der Waals surface area contributed by atoms with E-state index in [9.17, 15) is 13.2 Å². The summed E-state index contributed by atoms with van der Waals surface area (Å²) in [5, 5.41) is 4.82. The van der Waals surface area contributed by atoms with E-state index in [1.54, 1.807) is 13.1 Å². The number of hydrogen-bond donors (Lipinski definition) is 2. The average molecular weight is 400 g/mol. The molecule has 0 amide bonds. The van der Waals surface area contributed by atoms with Crippen LogP contribution in [0.5, 0.6) is 0 Å². The minimum absolute atomic E-state index is 0.0454. The predicted octanol–water partition coefficient (Wildman–Crippen LogP) is 3.08. The Balaban J connectivity index is 1.50. The summed E-state index contributed by atoms with van der Waals surface area (Å²) in [7, 11) is 1.65. The molecule has 1 saturated heterocycles. The highest BCUT2D eigenvalue weighted by molar-refractivity contribution is 7.99. The molecule has 3 aliphatic rings. The molecule has 1 aliphatic carbocycles. The number of rotatable bonds is 4. The Morgan fingerprint density at radius 1 is 1.37 bits per heavy atom. The molecular formula is C18H23F3N4OS. The van der Waals surface area contributed by atoms with Crippen molar-refractivity contribution in [2.45, 2.75) is 43.8 Å². The highest BCUT2D eigenvalue weighted by atomic mass is 32.1. The van der Waals surface area contributed by atoms with Gasteiger partial charge in [-0.3, -0.25) is 15.3 Å². The molecule has 1 N–H and O–H groups in total. The molecule has 3 rings (SSSR count). The van der Waals surface area contributed by atoms with Crippen LogP contribution in [0.3, 0.4) is 0 Å². The van der Waals surface area contributed by atoms with Gasteiger partial charge in [0, 0.05) is 20.1 Å². The van der Waals surface area contributed by atoms with Crippen LogP contribution in [-0.4, -0.2) is 60.3 Å². The number of alkyl halides is 3. The lowest BCUT2D eigenvalue weighted by Gasteiger charge is -2.38. The van der Waals surface area contributed by atoms with E-state index in [4.69, 9.17) is 4.74 Å². The molecule has 0 radical (unpaired) electrons. The number of aliphatic imine (C=N–C) groups is 1. The fourth-order valence-electron chi connectivity index (χ4n) is 3.38. The summed E-state index contributed by atoms with van der Waals surface area (Å²) in [6.45, 7) is 1.45. The molecule has 0 aromatic rings. The fourth-order valence-corrected chi connectivity index (χ4v) is 3.50. The lowest BCUT2D eigenvalue weighted by Crippen LogP contribution is -2.49. The van der Waals surface area contributed by atoms with Crippen molar-refractivity contribution in [3.63, 3.8) is 0 Å². The highest BCUT2D eigenvalue weighted by Gasteiger charge is 2.40. The molecule has 27 heavy (non-hydrogen) atoms. The molecule has 2 aliphatic heterocycles. The number of hydrogen-bond acceptors (Lipinski definition) is 5. The molecule has 2 heterocycles. The molecule has 0 aromatic heterocycles. The molecule has 148 valence electrons. The lowest BCUT2D eigenvalue weighted by molar-refractivity contribution is -0.121. The number of hydrazone groups is 1. The van der Waals surface area contributed by atoms with Crippen molar-refractivity contribution in [1.82, 2.24) is 10.3 Å². The largest absolute Gasteiger partial charge is 0.415 e. The van der Waals surface area contributed by atoms with Gasteiger partial charge in [-0.15, -0.1) is 12.6 Å². The van der Waals surface area contributed by atoms with Crippen molar-refractivity contribution in [2.24, 2.45) is 10.1 Å². The monoisotopic (exact) mass is 400 g/mol. The molecule has 9 heteroatoms. The number of halogens is 3. The topological polar surface area (TPSA) is 49.2 Å². The normalized spacial score (nSPS) is 28.0. The maximum absolute atomic E-state index is 13.1. The van der Waals surface area contributed by atoms with Gasteiger partial charge in [0.15, 0.2) is 0 Å². The van der Waals surface area contributed by atoms with E-state index in [1.165, 1.54) is 6.08 Å². The van der Waals surface area contributed by atoms with Gasteiger partial charge in [-0.1, -0.05) is 18.2 Å². The summed E-state index contributed by atoms with van der Waals surface area (Å²) >= 11 is 4.24. The van der Waals surface area contributed by atoms with Gasteiger partial charge >= 0.3 is 6.18 Å². The smallest absolute Gasteiger partial charge is 0.370 e. The van der Waals surface area contributed by atoms with Gasteiger partial charge in [-0.2, -0.15) is 18.3 Å². The number of nitrogens with zero attached hydrogens (tertiary/aromatic N) is 3. The van der Waals surface area contributed by atoms with Crippen LogP contribution in [0.2, 0.25) is 0 Å². The van der Waals surface area contributed by atoms with Crippen LogP contribution in [0.25, 0.3) is 0 Å². The van der Waals surface area contributed by atoms with Crippen molar-refractivity contribution in [3.05, 3.63) is 36.0 Å². The Kier molecular flexibility index (Phi) is 6.44. The van der Waals surface area contributed by atoms with Crippen LogP contribution in [-0.2, 0) is 4.74 Å². The SMILES string of the molecule is C/N=C(\S)C1=NNC(N2CCC(OC3CC=CC=C3C(F)(F)F)CC2)C=C1. The molecule has 0 bridgehead atoms. The van der Waals surface area contributed by atoms with Crippen LogP contribution < -0.4 is 5.43 Å². The lowest BCUT2D eigenvalue weighted by atomic mass is 9.99. The van der Waals surface area contributed by atoms with E-state index in [1.807, 2.05) is 12.2 Å². The molecule has 0 aromatic carbocycles. The first-order valence-electron chi connectivity index (χ1n) is 8.89. The average Bonchev–Trinajstić information content (AvgIpc) is 2.68. The Hall–Kier alpha value is -1.58. The molecule has 2 unspecified atom stereocenters. The Morgan fingerprint density at radius 3 is 2.70 bits per heavy atom. The van der Waals surface area contributed by atoms with Crippen LogP contribution in [0.15, 0.2) is 46.0 Å². The van der Waals surface area contributed by atoms with Gasteiger partial charge in [0.1, 0.15) is 16.9 Å². The fraction of sp³-hybridized carbons (Fsp3) is 0.556. The van der Waals surface area contributed by atoms with Gasteiger partial charge in [-0.25, -0.2) is 0 Å². The van der Waals surface area contributed by atoms with Crippen LogP contribution in [0.4, 0.5) is 13.2 Å². The number of likely N-dealkylation sites (tertiary alicyclic amines) is 1. The molecule has 1 fully saturated rings. The van der Waals surface area contributed by atoms with Crippen LogP contribution in [0, 0.1) is 0 Å². The summed E-state index contributed by atoms with van der Waals surface area (Å²) in [5.41, 5.74) is 3.15. The second-order valence-electron chi connectivity index (χ2n) is 6.62. The zero-order valence-corrected chi connectivity index (χ0v) is 15.9. The van der Waals surface area contributed by atoms with Gasteiger partial charge in [0.25, 0.3) is 0 Å². The second kappa shape index (κ2) is 8.62. The standard InChI is InChI=1S/C18H23F3N4OS/c1-22-17(27)14-6-7-16(24-23-14)25-10-8-12(9-11-25)26-15-5-3-2-4-13(15)18(19,20)21/h2-4,6-7,12,15-16,24H,5,8-11H2,1H3,(H,22,27). The number of nitrogens with one attached hydrogen (secondary N) is 1. The summed E-state index contributed by atoms with van der Waals surface area (Å²) < 4.78 is 45.2.